The van der Waals surface area contributed by atoms with Gasteiger partial charge in [-0.1, -0.05) is 24.3 Å². The van der Waals surface area contributed by atoms with Crippen molar-refractivity contribution in [1.82, 2.24) is 19.1 Å². The van der Waals surface area contributed by atoms with Crippen LogP contribution in [-0.4, -0.2) is 19.1 Å². The van der Waals surface area contributed by atoms with Gasteiger partial charge in [0.05, 0.1) is 95.3 Å². The van der Waals surface area contributed by atoms with E-state index in [1.165, 1.54) is 46.4 Å². The smallest absolute Gasteiger partial charge is 0.307 e. The Labute approximate surface area is 533 Å². The van der Waals surface area contributed by atoms with Crippen molar-refractivity contribution in [2.24, 2.45) is 0 Å². The summed E-state index contributed by atoms with van der Waals surface area (Å²) >= 11 is 0. The Hall–Kier alpha value is -10.5. The van der Waals surface area contributed by atoms with Gasteiger partial charge in [0.2, 0.25) is 0 Å². The molecule has 12 aromatic rings. The number of benzene rings is 9. The summed E-state index contributed by atoms with van der Waals surface area (Å²) < 4.78 is 349. The molecule has 0 aliphatic rings. The molecule has 0 saturated carbocycles. The van der Waals surface area contributed by atoms with Crippen LogP contribution >= 0.6 is 0 Å². The standard InChI is InChI=1S/C69H33F24N5/c1-31-11-55(96-32(2)95-31)50-29-61(98-58-9-5-35(39-16-46(66(82,83)84)27-47(17-39)67(85,86)87)22-53(58)54-23-36(6-10-59(54)98)40-18-48(68(88,89)90)28-49(19-40)69(91,92)93)60(24-41(50)30-94)97-56-7-3-33(37-12-42(62(70,71)72)25-43(13-37)63(73,74)75)20-51(56)52-21-34(4-8-57(52)97)38-14-44(64(76,77)78)26-45(15-38)65(79,80)81/h3-29H,1-2H3. The van der Waals surface area contributed by atoms with Gasteiger partial charge < -0.3 is 9.13 Å². The molecule has 0 aliphatic carbocycles. The predicted molar refractivity (Wildman–Crippen MR) is 312 cm³/mol. The third-order valence-electron chi connectivity index (χ3n) is 16.2. The van der Waals surface area contributed by atoms with Gasteiger partial charge in [0.25, 0.3) is 0 Å². The van der Waals surface area contributed by atoms with Crippen LogP contribution in [0.5, 0.6) is 0 Å². The number of rotatable bonds is 7. The minimum atomic E-state index is -5.39. The molecular weight excluding hydrogens is 1350 g/mol. The lowest BCUT2D eigenvalue weighted by molar-refractivity contribution is -0.144. The van der Waals surface area contributed by atoms with Gasteiger partial charge in [0, 0.05) is 32.8 Å². The van der Waals surface area contributed by atoms with Crippen molar-refractivity contribution >= 4 is 43.6 Å². The van der Waals surface area contributed by atoms with E-state index in [0.29, 0.717) is 54.2 Å². The van der Waals surface area contributed by atoms with E-state index in [1.807, 2.05) is 6.07 Å². The molecule has 0 amide bonds. The molecule has 12 rings (SSSR count). The van der Waals surface area contributed by atoms with E-state index < -0.39 is 116 Å². The van der Waals surface area contributed by atoms with E-state index in [-0.39, 0.29) is 124 Å². The van der Waals surface area contributed by atoms with Crippen molar-refractivity contribution in [2.45, 2.75) is 63.3 Å². The molecular formula is C69H33F24N5. The summed E-state index contributed by atoms with van der Waals surface area (Å²) in [5, 5.41) is 10.4. The maximum Gasteiger partial charge on any atom is 0.416 e. The van der Waals surface area contributed by atoms with E-state index >= 15 is 0 Å². The fourth-order valence-electron chi connectivity index (χ4n) is 11.9. The predicted octanol–water partition coefficient (Wildman–Crippen LogP) is 23.6. The lowest BCUT2D eigenvalue weighted by Gasteiger charge is -2.20. The van der Waals surface area contributed by atoms with Crippen LogP contribution in [0.1, 0.15) is 61.6 Å². The van der Waals surface area contributed by atoms with Gasteiger partial charge in [-0.3, -0.25) is 0 Å². The molecule has 0 atom stereocenters. The highest BCUT2D eigenvalue weighted by Gasteiger charge is 2.42. The molecule has 0 N–H and O–H groups in total. The Balaban J connectivity index is 1.23. The van der Waals surface area contributed by atoms with Crippen molar-refractivity contribution in [3.8, 4) is 73.2 Å². The van der Waals surface area contributed by atoms with Crippen molar-refractivity contribution in [1.29, 1.82) is 5.26 Å². The molecule has 0 fully saturated rings. The Morgan fingerprint density at radius 2 is 0.531 bits per heavy atom. The number of halogens is 24. The van der Waals surface area contributed by atoms with Gasteiger partial charge in [-0.15, -0.1) is 0 Å². The molecule has 3 heterocycles. The zero-order valence-electron chi connectivity index (χ0n) is 48.9. The molecule has 0 unspecified atom stereocenters. The minimum Gasteiger partial charge on any atom is -0.307 e. The largest absolute Gasteiger partial charge is 0.416 e. The number of fused-ring (bicyclic) bond motifs is 6. The number of alkyl halides is 24. The first-order chi connectivity index (χ1) is 45.3. The molecule has 0 saturated heterocycles. The fourth-order valence-corrected chi connectivity index (χ4v) is 11.9. The number of hydrogen-bond donors (Lipinski definition) is 0. The maximum absolute atomic E-state index is 14.4. The third-order valence-corrected chi connectivity index (χ3v) is 16.2. The lowest BCUT2D eigenvalue weighted by atomic mass is 9.96. The molecule has 98 heavy (non-hydrogen) atoms. The number of hydrogen-bond acceptors (Lipinski definition) is 3. The number of nitriles is 1. The highest BCUT2D eigenvalue weighted by molar-refractivity contribution is 6.14. The normalized spacial score (nSPS) is 13.2. The molecule has 0 spiro atoms. The summed E-state index contributed by atoms with van der Waals surface area (Å²) in [5.74, 6) is 0.123. The highest BCUT2D eigenvalue weighted by Crippen LogP contribution is 2.49. The van der Waals surface area contributed by atoms with Gasteiger partial charge in [-0.05, 0) is 198 Å². The molecule has 0 aliphatic heterocycles. The minimum absolute atomic E-state index is 0.0230. The molecule has 502 valence electrons. The summed E-state index contributed by atoms with van der Waals surface area (Å²) in [6.45, 7) is 3.01. The van der Waals surface area contributed by atoms with E-state index in [4.69, 9.17) is 0 Å². The van der Waals surface area contributed by atoms with Crippen molar-refractivity contribution in [3.63, 3.8) is 0 Å². The zero-order valence-corrected chi connectivity index (χ0v) is 48.9. The Bertz CT molecular complexity index is 4900. The first kappa shape index (κ1) is 67.5. The Kier molecular flexibility index (Phi) is 15.7. The molecule has 5 nitrogen and oxygen atoms in total. The highest BCUT2D eigenvalue weighted by atomic mass is 19.4. The van der Waals surface area contributed by atoms with E-state index in [0.717, 1.165) is 60.7 Å². The SMILES string of the molecule is Cc1cc(-c2cc(-n3c4ccc(-c5cc(C(F)(F)F)cc(C(F)(F)F)c5)cc4c4cc(-c5cc(C(F)(F)F)cc(C(F)(F)F)c5)ccc43)c(-n3c4ccc(-c5cc(C(F)(F)F)cc(C(F)(F)F)c5)cc4c4cc(-c5cc(C(F)(F)F)cc(C(F)(F)F)c5)ccc43)cc2C#N)nc(C)n1. The van der Waals surface area contributed by atoms with Gasteiger partial charge in [0.15, 0.2) is 0 Å². The summed E-state index contributed by atoms with van der Waals surface area (Å²) in [4.78, 5) is 8.81. The average molecular weight is 1390 g/mol. The van der Waals surface area contributed by atoms with Crippen LogP contribution in [0.25, 0.3) is 111 Å². The monoisotopic (exact) mass is 1390 g/mol. The number of aryl methyl sites for hydroxylation is 2. The summed E-state index contributed by atoms with van der Waals surface area (Å²) in [7, 11) is 0. The van der Waals surface area contributed by atoms with Gasteiger partial charge in [-0.25, -0.2) is 9.97 Å². The second-order valence-electron chi connectivity index (χ2n) is 22.7. The van der Waals surface area contributed by atoms with Crippen LogP contribution in [0.3, 0.4) is 0 Å². The van der Waals surface area contributed by atoms with E-state index in [2.05, 4.69) is 9.97 Å². The molecule has 3 aromatic heterocycles. The van der Waals surface area contributed by atoms with E-state index in [1.54, 1.807) is 6.92 Å². The Morgan fingerprint density at radius 3 is 0.755 bits per heavy atom. The van der Waals surface area contributed by atoms with Crippen LogP contribution in [0, 0.1) is 25.2 Å². The number of aromatic nitrogens is 4. The van der Waals surface area contributed by atoms with Crippen LogP contribution in [0.4, 0.5) is 105 Å². The van der Waals surface area contributed by atoms with Crippen LogP contribution in [0.15, 0.2) is 164 Å². The molecule has 0 radical (unpaired) electrons. The third kappa shape index (κ3) is 12.7. The van der Waals surface area contributed by atoms with Gasteiger partial charge in [-0.2, -0.15) is 111 Å². The lowest BCUT2D eigenvalue weighted by Crippen LogP contribution is -2.11. The number of nitrogens with zero attached hydrogens (tertiary/aromatic N) is 5. The Morgan fingerprint density at radius 1 is 0.286 bits per heavy atom. The molecule has 29 heteroatoms. The first-order valence-corrected chi connectivity index (χ1v) is 28.1. The van der Waals surface area contributed by atoms with E-state index in [9.17, 15) is 111 Å². The first-order valence-electron chi connectivity index (χ1n) is 28.1. The maximum atomic E-state index is 14.4. The molecule has 0 bridgehead atoms. The van der Waals surface area contributed by atoms with Gasteiger partial charge in [0.1, 0.15) is 5.82 Å². The summed E-state index contributed by atoms with van der Waals surface area (Å²) in [6.07, 6.45) is -43.1. The fraction of sp³-hybridized carbons (Fsp3) is 0.145. The van der Waals surface area contributed by atoms with Crippen LogP contribution in [-0.2, 0) is 49.4 Å². The molecule has 9 aromatic carbocycles. The second-order valence-corrected chi connectivity index (χ2v) is 22.7. The van der Waals surface area contributed by atoms with Crippen LogP contribution in [0.2, 0.25) is 0 Å². The topological polar surface area (TPSA) is 59.4 Å². The van der Waals surface area contributed by atoms with Crippen LogP contribution < -0.4 is 0 Å². The average Bonchev–Trinajstić information content (AvgIpc) is 1.55. The van der Waals surface area contributed by atoms with Crippen molar-refractivity contribution in [2.75, 3.05) is 0 Å². The van der Waals surface area contributed by atoms with Gasteiger partial charge >= 0.3 is 49.4 Å². The summed E-state index contributed by atoms with van der Waals surface area (Å²) in [6, 6.07) is 21.5. The second kappa shape index (κ2) is 22.8. The van der Waals surface area contributed by atoms with Crippen molar-refractivity contribution in [3.05, 3.63) is 225 Å². The van der Waals surface area contributed by atoms with Crippen molar-refractivity contribution < 1.29 is 105 Å². The summed E-state index contributed by atoms with van der Waals surface area (Å²) in [5.41, 5.74) is -19.4. The quantitative estimate of drug-likeness (QED) is 0.149. The zero-order chi connectivity index (χ0) is 71.3.